The summed E-state index contributed by atoms with van der Waals surface area (Å²) in [6, 6.07) is -1.54. The number of nitrogens with one attached hydrogen (secondary N) is 2. The van der Waals surface area contributed by atoms with Crippen LogP contribution in [0.3, 0.4) is 0 Å². The molecule has 3 amide bonds. The average Bonchev–Trinajstić information content (AvgIpc) is 2.45. The molecule has 3 atom stereocenters. The highest BCUT2D eigenvalue weighted by Gasteiger charge is 2.30. The third-order valence-corrected chi connectivity index (χ3v) is 4.08. The number of alkyl carbamates (subject to hydrolysis) is 1. The van der Waals surface area contributed by atoms with Crippen molar-refractivity contribution in [2.75, 3.05) is 12.0 Å². The maximum atomic E-state index is 12.5. The van der Waals surface area contributed by atoms with Crippen molar-refractivity contribution in [2.24, 2.45) is 11.7 Å². The van der Waals surface area contributed by atoms with E-state index in [1.54, 1.807) is 32.5 Å². The molecule has 0 spiro atoms. The van der Waals surface area contributed by atoms with Gasteiger partial charge in [-0.15, -0.1) is 0 Å². The third kappa shape index (κ3) is 9.00. The van der Waals surface area contributed by atoms with E-state index in [1.807, 2.05) is 20.1 Å². The normalized spacial score (nSPS) is 15.1. The number of carbonyl (C=O) groups is 3. The Hall–Kier alpha value is -1.44. The Kier molecular flexibility index (Phi) is 9.80. The molecular formula is C16H31N3O4S. The minimum absolute atomic E-state index is 0.119. The predicted molar refractivity (Wildman–Crippen MR) is 96.7 cm³/mol. The Morgan fingerprint density at radius 3 is 2.21 bits per heavy atom. The van der Waals surface area contributed by atoms with E-state index in [-0.39, 0.29) is 5.92 Å². The Morgan fingerprint density at radius 2 is 1.79 bits per heavy atom. The standard InChI is InChI=1S/C16H31N3O4S/c1-7-10(2)12(19-15(22)23-16(3,4)5)14(21)18-11(13(17)20)8-9-24-6/h10-12H,7-9H2,1-6H3,(H2,17,20)(H,18,21)(H,19,22)/t10-,11+,12-/m0/s1. The number of primary amides is 1. The summed E-state index contributed by atoms with van der Waals surface area (Å²) in [5.74, 6) is -0.439. The molecule has 4 N–H and O–H groups in total. The van der Waals surface area contributed by atoms with Crippen LogP contribution in [0, 0.1) is 5.92 Å². The molecule has 0 aliphatic rings. The lowest BCUT2D eigenvalue weighted by molar-refractivity contribution is -0.129. The van der Waals surface area contributed by atoms with Crippen molar-refractivity contribution in [3.8, 4) is 0 Å². The fourth-order valence-electron chi connectivity index (χ4n) is 1.92. The van der Waals surface area contributed by atoms with Gasteiger partial charge in [-0.2, -0.15) is 11.8 Å². The molecule has 0 aliphatic heterocycles. The molecule has 140 valence electrons. The molecule has 0 rings (SSSR count). The van der Waals surface area contributed by atoms with Gasteiger partial charge in [0.25, 0.3) is 0 Å². The van der Waals surface area contributed by atoms with Gasteiger partial charge in [0.15, 0.2) is 0 Å². The first-order chi connectivity index (χ1) is 11.0. The van der Waals surface area contributed by atoms with E-state index < -0.39 is 35.6 Å². The highest BCUT2D eigenvalue weighted by atomic mass is 32.2. The molecule has 0 saturated heterocycles. The van der Waals surface area contributed by atoms with E-state index in [9.17, 15) is 14.4 Å². The van der Waals surface area contributed by atoms with Gasteiger partial charge in [0, 0.05) is 0 Å². The molecule has 0 bridgehead atoms. The van der Waals surface area contributed by atoms with Crippen molar-refractivity contribution in [3.05, 3.63) is 0 Å². The minimum Gasteiger partial charge on any atom is -0.444 e. The molecular weight excluding hydrogens is 330 g/mol. The van der Waals surface area contributed by atoms with Gasteiger partial charge < -0.3 is 21.1 Å². The summed E-state index contributed by atoms with van der Waals surface area (Å²) < 4.78 is 5.21. The number of thioether (sulfide) groups is 1. The molecule has 0 saturated carbocycles. The lowest BCUT2D eigenvalue weighted by atomic mass is 9.98. The van der Waals surface area contributed by atoms with E-state index in [4.69, 9.17) is 10.5 Å². The van der Waals surface area contributed by atoms with Crippen LogP contribution in [0.5, 0.6) is 0 Å². The quantitative estimate of drug-likeness (QED) is 0.578. The SMILES string of the molecule is CC[C@H](C)[C@H](NC(=O)OC(C)(C)C)C(=O)N[C@H](CCSC)C(N)=O. The van der Waals surface area contributed by atoms with Crippen LogP contribution in [-0.4, -0.2) is 47.6 Å². The third-order valence-electron chi connectivity index (χ3n) is 3.44. The number of rotatable bonds is 9. The summed E-state index contributed by atoms with van der Waals surface area (Å²) in [7, 11) is 0. The Morgan fingerprint density at radius 1 is 1.21 bits per heavy atom. The van der Waals surface area contributed by atoms with Crippen LogP contribution in [-0.2, 0) is 14.3 Å². The number of hydrogen-bond acceptors (Lipinski definition) is 5. The van der Waals surface area contributed by atoms with Crippen molar-refractivity contribution in [3.63, 3.8) is 0 Å². The fraction of sp³-hybridized carbons (Fsp3) is 0.812. The van der Waals surface area contributed by atoms with Crippen LogP contribution >= 0.6 is 11.8 Å². The maximum absolute atomic E-state index is 12.5. The van der Waals surface area contributed by atoms with E-state index in [1.165, 1.54) is 0 Å². The number of amides is 3. The first-order valence-corrected chi connectivity index (χ1v) is 9.49. The molecule has 7 nitrogen and oxygen atoms in total. The fourth-order valence-corrected chi connectivity index (χ4v) is 2.39. The van der Waals surface area contributed by atoms with Gasteiger partial charge in [0.2, 0.25) is 11.8 Å². The largest absolute Gasteiger partial charge is 0.444 e. The second-order valence-corrected chi connectivity index (χ2v) is 7.74. The van der Waals surface area contributed by atoms with Crippen LogP contribution in [0.15, 0.2) is 0 Å². The second-order valence-electron chi connectivity index (χ2n) is 6.75. The monoisotopic (exact) mass is 361 g/mol. The van der Waals surface area contributed by atoms with Crippen LogP contribution in [0.4, 0.5) is 4.79 Å². The molecule has 0 radical (unpaired) electrons. The smallest absolute Gasteiger partial charge is 0.408 e. The highest BCUT2D eigenvalue weighted by molar-refractivity contribution is 7.98. The van der Waals surface area contributed by atoms with Gasteiger partial charge in [-0.1, -0.05) is 20.3 Å². The zero-order valence-electron chi connectivity index (χ0n) is 15.5. The van der Waals surface area contributed by atoms with Crippen LogP contribution in [0.1, 0.15) is 47.5 Å². The topological polar surface area (TPSA) is 111 Å². The second kappa shape index (κ2) is 10.4. The summed E-state index contributed by atoms with van der Waals surface area (Å²) in [5, 5.41) is 5.23. The van der Waals surface area contributed by atoms with E-state index in [0.29, 0.717) is 18.6 Å². The molecule has 0 aromatic carbocycles. The first kappa shape index (κ1) is 22.6. The van der Waals surface area contributed by atoms with E-state index in [0.717, 1.165) is 0 Å². The predicted octanol–water partition coefficient (Wildman–Crippen LogP) is 1.65. The minimum atomic E-state index is -0.791. The van der Waals surface area contributed by atoms with Gasteiger partial charge in [0.1, 0.15) is 17.7 Å². The molecule has 0 aliphatic carbocycles. The van der Waals surface area contributed by atoms with Crippen LogP contribution in [0.2, 0.25) is 0 Å². The van der Waals surface area contributed by atoms with Gasteiger partial charge in [-0.05, 0) is 45.1 Å². The van der Waals surface area contributed by atoms with Gasteiger partial charge in [-0.25, -0.2) is 4.79 Å². The first-order valence-electron chi connectivity index (χ1n) is 8.10. The van der Waals surface area contributed by atoms with Gasteiger partial charge >= 0.3 is 6.09 Å². The van der Waals surface area contributed by atoms with E-state index in [2.05, 4.69) is 10.6 Å². The number of carbonyl (C=O) groups excluding carboxylic acids is 3. The molecule has 24 heavy (non-hydrogen) atoms. The Bertz CT molecular complexity index is 438. The van der Waals surface area contributed by atoms with Crippen LogP contribution < -0.4 is 16.4 Å². The van der Waals surface area contributed by atoms with Crippen LogP contribution in [0.25, 0.3) is 0 Å². The maximum Gasteiger partial charge on any atom is 0.408 e. The zero-order chi connectivity index (χ0) is 18.9. The van der Waals surface area contributed by atoms with Gasteiger partial charge in [0.05, 0.1) is 0 Å². The summed E-state index contributed by atoms with van der Waals surface area (Å²) in [6.45, 7) is 9.01. The molecule has 0 aromatic heterocycles. The summed E-state index contributed by atoms with van der Waals surface area (Å²) in [5.41, 5.74) is 4.69. The lowest BCUT2D eigenvalue weighted by Crippen LogP contribution is -2.55. The van der Waals surface area contributed by atoms with Crippen molar-refractivity contribution in [1.82, 2.24) is 10.6 Å². The number of hydrogen-bond donors (Lipinski definition) is 3. The Balaban J connectivity index is 4.99. The molecule has 0 aromatic rings. The number of nitrogens with two attached hydrogens (primary N) is 1. The lowest BCUT2D eigenvalue weighted by Gasteiger charge is -2.27. The summed E-state index contributed by atoms with van der Waals surface area (Å²) in [4.78, 5) is 36.0. The van der Waals surface area contributed by atoms with Crippen molar-refractivity contribution in [1.29, 1.82) is 0 Å². The molecule has 0 fully saturated rings. The molecule has 0 unspecified atom stereocenters. The van der Waals surface area contributed by atoms with Crippen molar-refractivity contribution < 1.29 is 19.1 Å². The van der Waals surface area contributed by atoms with E-state index >= 15 is 0 Å². The summed E-state index contributed by atoms with van der Waals surface area (Å²) >= 11 is 1.56. The van der Waals surface area contributed by atoms with Gasteiger partial charge in [-0.3, -0.25) is 9.59 Å². The number of ether oxygens (including phenoxy) is 1. The summed E-state index contributed by atoms with van der Waals surface area (Å²) in [6.07, 6.45) is 2.37. The molecule has 8 heteroatoms. The Labute approximate surface area is 148 Å². The zero-order valence-corrected chi connectivity index (χ0v) is 16.3. The van der Waals surface area contributed by atoms with Crippen molar-refractivity contribution in [2.45, 2.75) is 65.1 Å². The highest BCUT2D eigenvalue weighted by Crippen LogP contribution is 2.12. The average molecular weight is 362 g/mol. The van der Waals surface area contributed by atoms with Crippen molar-refractivity contribution >= 4 is 29.7 Å². The molecule has 0 heterocycles.